The topological polar surface area (TPSA) is 79.9 Å². The summed E-state index contributed by atoms with van der Waals surface area (Å²) in [5.41, 5.74) is 3.81. The van der Waals surface area contributed by atoms with Crippen molar-refractivity contribution in [3.63, 3.8) is 0 Å². The van der Waals surface area contributed by atoms with Crippen LogP contribution < -0.4 is 20.1 Å². The molecule has 0 fully saturated rings. The normalized spacial score (nSPS) is 13.9. The minimum Gasteiger partial charge on any atom is -0.497 e. The second-order valence-corrected chi connectivity index (χ2v) is 7.08. The molecule has 29 heavy (non-hydrogen) atoms. The van der Waals surface area contributed by atoms with Gasteiger partial charge in [-0.15, -0.1) is 0 Å². The van der Waals surface area contributed by atoms with Gasteiger partial charge in [0.05, 0.1) is 20.3 Å². The zero-order valence-corrected chi connectivity index (χ0v) is 17.2. The van der Waals surface area contributed by atoms with Gasteiger partial charge in [-0.05, 0) is 48.7 Å². The Bertz CT molecular complexity index is 913. The molecule has 1 atom stereocenters. The molecule has 2 N–H and O–H groups in total. The minimum atomic E-state index is -0.250. The Hall–Kier alpha value is -3.22. The van der Waals surface area contributed by atoms with E-state index in [-0.39, 0.29) is 18.0 Å². The molecule has 154 valence electrons. The Balaban J connectivity index is 1.72. The van der Waals surface area contributed by atoms with Gasteiger partial charge in [-0.25, -0.2) is 4.79 Å². The maximum Gasteiger partial charge on any atom is 0.318 e. The number of carbonyl (C=O) groups excluding carboxylic acids is 2. The molecule has 7 nitrogen and oxygen atoms in total. The molecule has 0 radical (unpaired) electrons. The van der Waals surface area contributed by atoms with E-state index in [1.165, 1.54) is 6.92 Å². The molecule has 3 rings (SSSR count). The molecule has 1 aliphatic heterocycles. The lowest BCUT2D eigenvalue weighted by atomic mass is 9.98. The summed E-state index contributed by atoms with van der Waals surface area (Å²) < 4.78 is 10.7. The van der Waals surface area contributed by atoms with Crippen LogP contribution in [0, 0.1) is 0 Å². The largest absolute Gasteiger partial charge is 0.497 e. The number of urea groups is 1. The standard InChI is InChI=1S/C22H27N3O4/c1-14(19-12-17(28-3)8-9-21(19)29-4)23-22(27)25-11-10-18-16(13-25)6-5-7-20(18)24-15(2)26/h5-9,12,14H,10-11,13H2,1-4H3,(H,23,27)(H,24,26). The molecule has 0 saturated carbocycles. The Labute approximate surface area is 171 Å². The molecule has 2 aromatic carbocycles. The van der Waals surface area contributed by atoms with Crippen molar-refractivity contribution in [1.82, 2.24) is 10.2 Å². The van der Waals surface area contributed by atoms with Gasteiger partial charge in [0.25, 0.3) is 0 Å². The van der Waals surface area contributed by atoms with Crippen LogP contribution in [-0.2, 0) is 17.8 Å². The van der Waals surface area contributed by atoms with Crippen molar-refractivity contribution in [2.24, 2.45) is 0 Å². The zero-order chi connectivity index (χ0) is 21.0. The molecule has 7 heteroatoms. The fourth-order valence-corrected chi connectivity index (χ4v) is 3.62. The zero-order valence-electron chi connectivity index (χ0n) is 17.2. The first-order valence-electron chi connectivity index (χ1n) is 9.58. The van der Waals surface area contributed by atoms with Crippen LogP contribution in [0.5, 0.6) is 11.5 Å². The third kappa shape index (κ3) is 4.62. The van der Waals surface area contributed by atoms with Crippen LogP contribution in [0.1, 0.15) is 36.6 Å². The lowest BCUT2D eigenvalue weighted by molar-refractivity contribution is -0.114. The lowest BCUT2D eigenvalue weighted by Gasteiger charge is -2.31. The van der Waals surface area contributed by atoms with Crippen LogP contribution in [0.2, 0.25) is 0 Å². The predicted octanol–water partition coefficient (Wildman–Crippen LogP) is 3.49. The van der Waals surface area contributed by atoms with E-state index in [1.54, 1.807) is 19.1 Å². The van der Waals surface area contributed by atoms with Gasteiger partial charge in [-0.2, -0.15) is 0 Å². The number of anilines is 1. The molecular formula is C22H27N3O4. The van der Waals surface area contributed by atoms with Crippen molar-refractivity contribution in [2.75, 3.05) is 26.1 Å². The molecule has 1 unspecified atom stereocenters. The molecular weight excluding hydrogens is 370 g/mol. The van der Waals surface area contributed by atoms with Gasteiger partial charge < -0.3 is 25.0 Å². The first kappa shape index (κ1) is 20.5. The van der Waals surface area contributed by atoms with Crippen molar-refractivity contribution < 1.29 is 19.1 Å². The van der Waals surface area contributed by atoms with Crippen molar-refractivity contribution >= 4 is 17.6 Å². The first-order valence-corrected chi connectivity index (χ1v) is 9.58. The van der Waals surface area contributed by atoms with Gasteiger partial charge >= 0.3 is 6.03 Å². The Morgan fingerprint density at radius 1 is 1.14 bits per heavy atom. The van der Waals surface area contributed by atoms with E-state index in [1.807, 2.05) is 43.3 Å². The third-order valence-corrected chi connectivity index (χ3v) is 5.11. The van der Waals surface area contributed by atoms with E-state index >= 15 is 0 Å². The number of hydrogen-bond acceptors (Lipinski definition) is 4. The SMILES string of the molecule is COc1ccc(OC)c(C(C)NC(=O)N2CCc3c(cccc3NC(C)=O)C2)c1. The number of nitrogens with zero attached hydrogens (tertiary/aromatic N) is 1. The Kier molecular flexibility index (Phi) is 6.26. The summed E-state index contributed by atoms with van der Waals surface area (Å²) in [6.45, 7) is 4.49. The predicted molar refractivity (Wildman–Crippen MR) is 111 cm³/mol. The highest BCUT2D eigenvalue weighted by Crippen LogP contribution is 2.30. The summed E-state index contributed by atoms with van der Waals surface area (Å²) in [6.07, 6.45) is 0.691. The third-order valence-electron chi connectivity index (χ3n) is 5.11. The average molecular weight is 397 g/mol. The van der Waals surface area contributed by atoms with Gasteiger partial charge in [0.1, 0.15) is 11.5 Å². The summed E-state index contributed by atoms with van der Waals surface area (Å²) in [6, 6.07) is 10.9. The number of methoxy groups -OCH3 is 2. The summed E-state index contributed by atoms with van der Waals surface area (Å²) >= 11 is 0. The van der Waals surface area contributed by atoms with E-state index in [9.17, 15) is 9.59 Å². The summed E-state index contributed by atoms with van der Waals surface area (Å²) in [4.78, 5) is 26.1. The minimum absolute atomic E-state index is 0.0976. The number of benzene rings is 2. The molecule has 0 bridgehead atoms. The van der Waals surface area contributed by atoms with Crippen LogP contribution >= 0.6 is 0 Å². The van der Waals surface area contributed by atoms with Crippen molar-refractivity contribution in [2.45, 2.75) is 32.9 Å². The monoisotopic (exact) mass is 397 g/mol. The molecule has 1 heterocycles. The van der Waals surface area contributed by atoms with Crippen LogP contribution in [0.3, 0.4) is 0 Å². The molecule has 0 aromatic heterocycles. The van der Waals surface area contributed by atoms with Crippen LogP contribution in [0.25, 0.3) is 0 Å². The second-order valence-electron chi connectivity index (χ2n) is 7.08. The molecule has 1 aliphatic rings. The quantitative estimate of drug-likeness (QED) is 0.809. The van der Waals surface area contributed by atoms with Gasteiger partial charge in [-0.1, -0.05) is 12.1 Å². The summed E-state index contributed by atoms with van der Waals surface area (Å²) in [5, 5.41) is 5.92. The van der Waals surface area contributed by atoms with Gasteiger partial charge in [-0.3, -0.25) is 4.79 Å². The Morgan fingerprint density at radius 3 is 2.62 bits per heavy atom. The molecule has 0 spiro atoms. The number of ether oxygens (including phenoxy) is 2. The van der Waals surface area contributed by atoms with Gasteiger partial charge in [0.2, 0.25) is 5.91 Å². The number of hydrogen-bond donors (Lipinski definition) is 2. The average Bonchev–Trinajstić information content (AvgIpc) is 2.72. The number of rotatable bonds is 5. The molecule has 0 aliphatic carbocycles. The highest BCUT2D eigenvalue weighted by Gasteiger charge is 2.24. The fourth-order valence-electron chi connectivity index (χ4n) is 3.62. The highest BCUT2D eigenvalue weighted by molar-refractivity contribution is 5.90. The highest BCUT2D eigenvalue weighted by atomic mass is 16.5. The molecule has 0 saturated heterocycles. The second kappa shape index (κ2) is 8.86. The summed E-state index contributed by atoms with van der Waals surface area (Å²) in [7, 11) is 3.21. The molecule has 2 aromatic rings. The van der Waals surface area contributed by atoms with Crippen LogP contribution in [0.15, 0.2) is 36.4 Å². The maximum atomic E-state index is 12.9. The summed E-state index contributed by atoms with van der Waals surface area (Å²) in [5.74, 6) is 1.31. The fraction of sp³-hybridized carbons (Fsp3) is 0.364. The lowest BCUT2D eigenvalue weighted by Crippen LogP contribution is -2.43. The number of fused-ring (bicyclic) bond motifs is 1. The van der Waals surface area contributed by atoms with E-state index in [0.717, 1.165) is 22.4 Å². The van der Waals surface area contributed by atoms with E-state index in [2.05, 4.69) is 10.6 Å². The van der Waals surface area contributed by atoms with Crippen LogP contribution in [-0.4, -0.2) is 37.6 Å². The van der Waals surface area contributed by atoms with Gasteiger partial charge in [0.15, 0.2) is 0 Å². The number of nitrogens with one attached hydrogen (secondary N) is 2. The van der Waals surface area contributed by atoms with Crippen LogP contribution in [0.4, 0.5) is 10.5 Å². The van der Waals surface area contributed by atoms with Crippen molar-refractivity contribution in [3.05, 3.63) is 53.1 Å². The van der Waals surface area contributed by atoms with Crippen molar-refractivity contribution in [3.8, 4) is 11.5 Å². The van der Waals surface area contributed by atoms with E-state index in [4.69, 9.17) is 9.47 Å². The van der Waals surface area contributed by atoms with E-state index in [0.29, 0.717) is 31.0 Å². The maximum absolute atomic E-state index is 12.9. The van der Waals surface area contributed by atoms with Crippen molar-refractivity contribution in [1.29, 1.82) is 0 Å². The smallest absolute Gasteiger partial charge is 0.318 e. The number of carbonyl (C=O) groups is 2. The molecule has 3 amide bonds. The van der Waals surface area contributed by atoms with Gasteiger partial charge in [0, 0.05) is 31.3 Å². The number of amides is 3. The van der Waals surface area contributed by atoms with E-state index < -0.39 is 0 Å². The first-order chi connectivity index (χ1) is 13.9. The Morgan fingerprint density at radius 2 is 1.93 bits per heavy atom.